The lowest BCUT2D eigenvalue weighted by Crippen LogP contribution is -2.06. The Labute approximate surface area is 74.5 Å². The molecule has 0 aliphatic rings. The lowest BCUT2D eigenvalue weighted by Gasteiger charge is -2.07. The Morgan fingerprint density at radius 3 is 2.77 bits per heavy atom. The summed E-state index contributed by atoms with van der Waals surface area (Å²) in [7, 11) is 1.31. The summed E-state index contributed by atoms with van der Waals surface area (Å²) in [5, 5.41) is 17.6. The molecule has 4 nitrogen and oxygen atoms in total. The second-order valence-corrected chi connectivity index (χ2v) is 2.42. The van der Waals surface area contributed by atoms with E-state index in [4.69, 9.17) is 5.21 Å². The van der Waals surface area contributed by atoms with E-state index < -0.39 is 11.6 Å². The average molecular weight is 187 g/mol. The fourth-order valence-corrected chi connectivity index (χ4v) is 0.972. The van der Waals surface area contributed by atoms with Gasteiger partial charge in [0.15, 0.2) is 11.5 Å². The number of benzene rings is 1. The van der Waals surface area contributed by atoms with Crippen molar-refractivity contribution in [3.8, 4) is 11.5 Å². The molecule has 13 heavy (non-hydrogen) atoms. The molecule has 0 amide bonds. The number of phenols is 1. The molecule has 0 aliphatic heterocycles. The Morgan fingerprint density at radius 2 is 2.23 bits per heavy atom. The Hall–Kier alpha value is -1.33. The van der Waals surface area contributed by atoms with E-state index >= 15 is 0 Å². The Bertz CT molecular complexity index is 304. The minimum Gasteiger partial charge on any atom is -0.504 e. The molecule has 0 aromatic heterocycles. The number of aromatic hydroxyl groups is 1. The number of rotatable bonds is 3. The minimum atomic E-state index is -0.824. The van der Waals surface area contributed by atoms with E-state index in [0.717, 1.165) is 0 Å². The van der Waals surface area contributed by atoms with Crippen molar-refractivity contribution in [3.63, 3.8) is 0 Å². The second kappa shape index (κ2) is 4.06. The van der Waals surface area contributed by atoms with Crippen LogP contribution in [-0.2, 0) is 6.54 Å². The molecule has 1 aromatic carbocycles. The first-order chi connectivity index (χ1) is 6.20. The number of halogens is 1. The first-order valence-corrected chi connectivity index (χ1v) is 3.62. The van der Waals surface area contributed by atoms with Crippen molar-refractivity contribution in [1.29, 1.82) is 0 Å². The molecule has 0 fully saturated rings. The van der Waals surface area contributed by atoms with Crippen molar-refractivity contribution in [2.45, 2.75) is 6.54 Å². The normalized spacial score (nSPS) is 10.1. The predicted molar refractivity (Wildman–Crippen MR) is 43.2 cm³/mol. The van der Waals surface area contributed by atoms with Gasteiger partial charge in [0.1, 0.15) is 0 Å². The van der Waals surface area contributed by atoms with E-state index in [2.05, 4.69) is 4.74 Å². The highest BCUT2D eigenvalue weighted by Crippen LogP contribution is 2.28. The lowest BCUT2D eigenvalue weighted by molar-refractivity contribution is 0.160. The summed E-state index contributed by atoms with van der Waals surface area (Å²) in [5.41, 5.74) is 2.09. The first-order valence-electron chi connectivity index (χ1n) is 3.62. The molecule has 5 heteroatoms. The Kier molecular flexibility index (Phi) is 3.05. The van der Waals surface area contributed by atoms with Crippen molar-refractivity contribution < 1.29 is 19.4 Å². The molecule has 0 spiro atoms. The van der Waals surface area contributed by atoms with E-state index in [9.17, 15) is 9.50 Å². The summed E-state index contributed by atoms with van der Waals surface area (Å²) in [6.45, 7) is -0.0211. The van der Waals surface area contributed by atoms with Gasteiger partial charge < -0.3 is 15.1 Å². The first kappa shape index (κ1) is 9.76. The van der Waals surface area contributed by atoms with Gasteiger partial charge >= 0.3 is 0 Å². The minimum absolute atomic E-state index is 0.0211. The van der Waals surface area contributed by atoms with Gasteiger partial charge in [-0.2, -0.15) is 4.39 Å². The highest BCUT2D eigenvalue weighted by atomic mass is 19.1. The van der Waals surface area contributed by atoms with Crippen molar-refractivity contribution in [2.75, 3.05) is 7.11 Å². The van der Waals surface area contributed by atoms with Crippen LogP contribution in [0.1, 0.15) is 5.56 Å². The van der Waals surface area contributed by atoms with E-state index in [1.165, 1.54) is 19.2 Å². The van der Waals surface area contributed by atoms with E-state index in [-0.39, 0.29) is 17.9 Å². The molecule has 1 rings (SSSR count). The fourth-order valence-electron chi connectivity index (χ4n) is 0.972. The lowest BCUT2D eigenvalue weighted by atomic mass is 10.2. The Balaban J connectivity index is 3.07. The summed E-state index contributed by atoms with van der Waals surface area (Å²) in [6, 6.07) is 2.84. The smallest absolute Gasteiger partial charge is 0.206 e. The monoisotopic (exact) mass is 187 g/mol. The van der Waals surface area contributed by atoms with E-state index in [0.29, 0.717) is 0 Å². The van der Waals surface area contributed by atoms with Crippen LogP contribution in [0.25, 0.3) is 0 Å². The standard InChI is InChI=1S/C8H10FNO3/c1-13-6-3-2-5(4-10-12)8(11)7(6)9/h2-3,10-12H,4H2,1H3. The van der Waals surface area contributed by atoms with Crippen molar-refractivity contribution in [3.05, 3.63) is 23.5 Å². The third-order valence-corrected chi connectivity index (χ3v) is 1.65. The van der Waals surface area contributed by atoms with Crippen molar-refractivity contribution >= 4 is 0 Å². The Morgan fingerprint density at radius 1 is 1.54 bits per heavy atom. The number of hydrogen-bond acceptors (Lipinski definition) is 4. The maximum atomic E-state index is 13.1. The van der Waals surface area contributed by atoms with Gasteiger partial charge in [-0.3, -0.25) is 0 Å². The molecule has 3 N–H and O–H groups in total. The third kappa shape index (κ3) is 1.88. The van der Waals surface area contributed by atoms with Gasteiger partial charge in [0.25, 0.3) is 0 Å². The number of hydroxylamine groups is 1. The molecule has 0 saturated carbocycles. The number of phenolic OH excluding ortho intramolecular Hbond substituents is 1. The summed E-state index contributed by atoms with van der Waals surface area (Å²) in [6.07, 6.45) is 0. The quantitative estimate of drug-likeness (QED) is 0.618. The zero-order valence-corrected chi connectivity index (χ0v) is 7.04. The van der Waals surface area contributed by atoms with Crippen LogP contribution >= 0.6 is 0 Å². The van der Waals surface area contributed by atoms with Crippen LogP contribution in [-0.4, -0.2) is 17.4 Å². The van der Waals surface area contributed by atoms with Gasteiger partial charge in [0.05, 0.1) is 7.11 Å². The van der Waals surface area contributed by atoms with Crippen molar-refractivity contribution in [1.82, 2.24) is 5.48 Å². The third-order valence-electron chi connectivity index (χ3n) is 1.65. The van der Waals surface area contributed by atoms with Crippen LogP contribution in [0.2, 0.25) is 0 Å². The van der Waals surface area contributed by atoms with E-state index in [1.54, 1.807) is 0 Å². The van der Waals surface area contributed by atoms with Gasteiger partial charge in [0, 0.05) is 12.1 Å². The molecule has 1 aromatic rings. The molecule has 0 atom stereocenters. The molecule has 72 valence electrons. The highest BCUT2D eigenvalue weighted by Gasteiger charge is 2.11. The van der Waals surface area contributed by atoms with Crippen LogP contribution in [0.15, 0.2) is 12.1 Å². The van der Waals surface area contributed by atoms with Crippen LogP contribution in [0, 0.1) is 5.82 Å². The second-order valence-electron chi connectivity index (χ2n) is 2.42. The largest absolute Gasteiger partial charge is 0.504 e. The highest BCUT2D eigenvalue weighted by molar-refractivity contribution is 5.41. The van der Waals surface area contributed by atoms with Crippen LogP contribution in [0.3, 0.4) is 0 Å². The molecule has 0 unspecified atom stereocenters. The maximum absolute atomic E-state index is 13.1. The van der Waals surface area contributed by atoms with Crippen LogP contribution in [0.5, 0.6) is 11.5 Å². The summed E-state index contributed by atoms with van der Waals surface area (Å²) >= 11 is 0. The molecule has 0 bridgehead atoms. The van der Waals surface area contributed by atoms with Gasteiger partial charge in [-0.05, 0) is 6.07 Å². The van der Waals surface area contributed by atoms with Crippen molar-refractivity contribution in [2.24, 2.45) is 0 Å². The molecule has 0 radical (unpaired) electrons. The summed E-state index contributed by atoms with van der Waals surface area (Å²) in [4.78, 5) is 0. The number of hydrogen-bond donors (Lipinski definition) is 3. The predicted octanol–water partition coefficient (Wildman–Crippen LogP) is 1.02. The SMILES string of the molecule is COc1ccc(CNO)c(O)c1F. The zero-order valence-electron chi connectivity index (χ0n) is 7.04. The molecular weight excluding hydrogens is 177 g/mol. The molecule has 0 saturated heterocycles. The number of ether oxygens (including phenoxy) is 1. The average Bonchev–Trinajstić information content (AvgIpc) is 2.14. The molecule has 0 aliphatic carbocycles. The van der Waals surface area contributed by atoms with Gasteiger partial charge in [-0.1, -0.05) is 6.07 Å². The topological polar surface area (TPSA) is 61.7 Å². The summed E-state index contributed by atoms with van der Waals surface area (Å²) in [5.74, 6) is -1.37. The van der Waals surface area contributed by atoms with Crippen LogP contribution < -0.4 is 10.2 Å². The number of nitrogens with one attached hydrogen (secondary N) is 1. The van der Waals surface area contributed by atoms with Crippen LogP contribution in [0.4, 0.5) is 4.39 Å². The summed E-state index contributed by atoms with van der Waals surface area (Å²) < 4.78 is 17.7. The molecular formula is C8H10FNO3. The van der Waals surface area contributed by atoms with Gasteiger partial charge in [-0.15, -0.1) is 0 Å². The van der Waals surface area contributed by atoms with Gasteiger partial charge in [0.2, 0.25) is 5.82 Å². The number of methoxy groups -OCH3 is 1. The fraction of sp³-hybridized carbons (Fsp3) is 0.250. The zero-order chi connectivity index (χ0) is 9.84. The van der Waals surface area contributed by atoms with Gasteiger partial charge in [-0.25, -0.2) is 5.48 Å². The maximum Gasteiger partial charge on any atom is 0.206 e. The van der Waals surface area contributed by atoms with E-state index in [1.807, 2.05) is 5.48 Å². The molecule has 0 heterocycles.